The summed E-state index contributed by atoms with van der Waals surface area (Å²) < 4.78 is 19.8. The molecule has 3 aliphatic rings. The van der Waals surface area contributed by atoms with Crippen molar-refractivity contribution in [3.63, 3.8) is 0 Å². The van der Waals surface area contributed by atoms with Gasteiger partial charge in [-0.3, -0.25) is 4.79 Å². The predicted octanol–water partition coefficient (Wildman–Crippen LogP) is 3.64. The van der Waals surface area contributed by atoms with E-state index in [1.165, 1.54) is 13.2 Å². The number of carbonyl (C=O) groups excluding carboxylic acids is 1. The van der Waals surface area contributed by atoms with E-state index in [-0.39, 0.29) is 29.8 Å². The summed E-state index contributed by atoms with van der Waals surface area (Å²) in [5, 5.41) is 10.4. The van der Waals surface area contributed by atoms with E-state index in [0.29, 0.717) is 55.6 Å². The first-order valence-electron chi connectivity index (χ1n) is 13.0. The molecule has 194 valence electrons. The standard InChI is InChI=1S/C27H36FN5O3/c1-18-17-31(24-7-6-21(36-3)16-22(24)28)14-15-32(18)26-29-13-10-23(30-26)25(34)33(19-4-5-19)20-8-11-27(2,35)12-9-20/h6-7,10,13,16,18-20,35H,4-5,8-9,11-12,14-15,17H2,1-3H3. The van der Waals surface area contributed by atoms with Crippen molar-refractivity contribution in [2.75, 3.05) is 36.5 Å². The summed E-state index contributed by atoms with van der Waals surface area (Å²) in [7, 11) is 1.53. The van der Waals surface area contributed by atoms with Gasteiger partial charge in [-0.25, -0.2) is 14.4 Å². The van der Waals surface area contributed by atoms with Crippen molar-refractivity contribution < 1.29 is 19.0 Å². The number of carbonyl (C=O) groups is 1. The summed E-state index contributed by atoms with van der Waals surface area (Å²) in [6.07, 6.45) is 6.76. The molecule has 1 N–H and O–H groups in total. The average Bonchev–Trinajstić information content (AvgIpc) is 3.70. The first kappa shape index (κ1) is 24.7. The fraction of sp³-hybridized carbons (Fsp3) is 0.593. The second-order valence-electron chi connectivity index (χ2n) is 10.7. The Bertz CT molecular complexity index is 1100. The topological polar surface area (TPSA) is 82.0 Å². The molecule has 0 spiro atoms. The summed E-state index contributed by atoms with van der Waals surface area (Å²) in [4.78, 5) is 29.0. The van der Waals surface area contributed by atoms with Crippen molar-refractivity contribution in [1.82, 2.24) is 14.9 Å². The number of methoxy groups -OCH3 is 1. The molecule has 5 rings (SSSR count). The highest BCUT2D eigenvalue weighted by molar-refractivity contribution is 5.93. The molecule has 2 aromatic rings. The number of piperazine rings is 1. The molecular weight excluding hydrogens is 461 g/mol. The van der Waals surface area contributed by atoms with Crippen LogP contribution in [0.2, 0.25) is 0 Å². The van der Waals surface area contributed by atoms with Gasteiger partial charge < -0.3 is 24.5 Å². The second-order valence-corrected chi connectivity index (χ2v) is 10.7. The molecule has 2 heterocycles. The molecule has 0 radical (unpaired) electrons. The highest BCUT2D eigenvalue weighted by Crippen LogP contribution is 2.37. The maximum Gasteiger partial charge on any atom is 0.273 e. The van der Waals surface area contributed by atoms with E-state index in [4.69, 9.17) is 9.72 Å². The summed E-state index contributed by atoms with van der Waals surface area (Å²) >= 11 is 0. The van der Waals surface area contributed by atoms with E-state index in [0.717, 1.165) is 25.7 Å². The number of amides is 1. The number of rotatable bonds is 6. The van der Waals surface area contributed by atoms with Crippen LogP contribution in [0.1, 0.15) is 62.9 Å². The number of hydrogen-bond donors (Lipinski definition) is 1. The normalized spacial score (nSPS) is 26.6. The van der Waals surface area contributed by atoms with E-state index in [1.54, 1.807) is 24.4 Å². The molecule has 8 nitrogen and oxygen atoms in total. The number of ether oxygens (including phenoxy) is 1. The molecule has 9 heteroatoms. The highest BCUT2D eigenvalue weighted by Gasteiger charge is 2.41. The van der Waals surface area contributed by atoms with Crippen LogP contribution in [0, 0.1) is 5.82 Å². The Balaban J connectivity index is 1.29. The van der Waals surface area contributed by atoms with Gasteiger partial charge in [0.15, 0.2) is 0 Å². The molecule has 2 saturated carbocycles. The lowest BCUT2D eigenvalue weighted by Crippen LogP contribution is -2.53. The molecule has 1 aliphatic heterocycles. The highest BCUT2D eigenvalue weighted by atomic mass is 19.1. The number of anilines is 2. The van der Waals surface area contributed by atoms with Crippen LogP contribution in [0.3, 0.4) is 0 Å². The molecule has 1 aromatic heterocycles. The van der Waals surface area contributed by atoms with Gasteiger partial charge in [0.2, 0.25) is 5.95 Å². The summed E-state index contributed by atoms with van der Waals surface area (Å²) in [5.74, 6) is 0.685. The Labute approximate surface area is 212 Å². The predicted molar refractivity (Wildman–Crippen MR) is 136 cm³/mol. The molecule has 1 atom stereocenters. The van der Waals surface area contributed by atoms with Crippen LogP contribution in [0.15, 0.2) is 30.5 Å². The number of benzene rings is 1. The Morgan fingerprint density at radius 1 is 1.17 bits per heavy atom. The number of aliphatic hydroxyl groups is 1. The lowest BCUT2D eigenvalue weighted by atomic mass is 9.83. The number of halogens is 1. The van der Waals surface area contributed by atoms with Gasteiger partial charge in [-0.15, -0.1) is 0 Å². The third kappa shape index (κ3) is 5.12. The van der Waals surface area contributed by atoms with Gasteiger partial charge >= 0.3 is 0 Å². The maximum absolute atomic E-state index is 14.6. The van der Waals surface area contributed by atoms with Gasteiger partial charge in [0.1, 0.15) is 17.3 Å². The molecule has 1 aromatic carbocycles. The van der Waals surface area contributed by atoms with Gasteiger partial charge in [0, 0.05) is 50.0 Å². The average molecular weight is 498 g/mol. The van der Waals surface area contributed by atoms with E-state index in [1.807, 2.05) is 16.7 Å². The molecule has 1 unspecified atom stereocenters. The zero-order valence-corrected chi connectivity index (χ0v) is 21.4. The smallest absolute Gasteiger partial charge is 0.273 e. The second kappa shape index (κ2) is 9.84. The van der Waals surface area contributed by atoms with Gasteiger partial charge in [-0.2, -0.15) is 0 Å². The van der Waals surface area contributed by atoms with Crippen LogP contribution in [-0.4, -0.2) is 76.4 Å². The lowest BCUT2D eigenvalue weighted by Gasteiger charge is -2.41. The fourth-order valence-corrected chi connectivity index (χ4v) is 5.57. The van der Waals surface area contributed by atoms with Gasteiger partial charge in [-0.05, 0) is 70.6 Å². The minimum absolute atomic E-state index is 0.0331. The number of nitrogens with zero attached hydrogens (tertiary/aromatic N) is 5. The Morgan fingerprint density at radius 2 is 1.89 bits per heavy atom. The van der Waals surface area contributed by atoms with Crippen LogP contribution in [0.4, 0.5) is 16.0 Å². The van der Waals surface area contributed by atoms with Crippen LogP contribution in [0.25, 0.3) is 0 Å². The van der Waals surface area contributed by atoms with Crippen molar-refractivity contribution in [1.29, 1.82) is 0 Å². The molecule has 0 bridgehead atoms. The zero-order chi connectivity index (χ0) is 25.4. The van der Waals surface area contributed by atoms with Crippen LogP contribution >= 0.6 is 0 Å². The molecule has 1 amide bonds. The van der Waals surface area contributed by atoms with E-state index < -0.39 is 5.60 Å². The third-order valence-electron chi connectivity index (χ3n) is 7.84. The molecule has 1 saturated heterocycles. The Hall–Kier alpha value is -2.94. The van der Waals surface area contributed by atoms with Crippen molar-refractivity contribution >= 4 is 17.5 Å². The monoisotopic (exact) mass is 497 g/mol. The molecule has 3 fully saturated rings. The van der Waals surface area contributed by atoms with E-state index in [2.05, 4.69) is 16.8 Å². The Morgan fingerprint density at radius 3 is 2.53 bits per heavy atom. The molecule has 2 aliphatic carbocycles. The van der Waals surface area contributed by atoms with Crippen molar-refractivity contribution in [3.05, 3.63) is 42.0 Å². The first-order valence-corrected chi connectivity index (χ1v) is 13.0. The fourth-order valence-electron chi connectivity index (χ4n) is 5.57. The summed E-state index contributed by atoms with van der Waals surface area (Å²) in [5.41, 5.74) is 0.336. The number of hydrogen-bond acceptors (Lipinski definition) is 7. The first-order chi connectivity index (χ1) is 17.3. The minimum atomic E-state index is -0.635. The van der Waals surface area contributed by atoms with Gasteiger partial charge in [0.25, 0.3) is 5.91 Å². The van der Waals surface area contributed by atoms with Crippen LogP contribution in [0.5, 0.6) is 5.75 Å². The largest absolute Gasteiger partial charge is 0.497 e. The van der Waals surface area contributed by atoms with Crippen molar-refractivity contribution in [3.8, 4) is 5.75 Å². The quantitative estimate of drug-likeness (QED) is 0.653. The lowest BCUT2D eigenvalue weighted by molar-refractivity contribution is -0.00507. The van der Waals surface area contributed by atoms with E-state index >= 15 is 0 Å². The van der Waals surface area contributed by atoms with Crippen LogP contribution < -0.4 is 14.5 Å². The Kier molecular flexibility index (Phi) is 6.76. The third-order valence-corrected chi connectivity index (χ3v) is 7.84. The van der Waals surface area contributed by atoms with Crippen molar-refractivity contribution in [2.45, 2.75) is 76.1 Å². The summed E-state index contributed by atoms with van der Waals surface area (Å²) in [6, 6.07) is 7.08. The molecule has 36 heavy (non-hydrogen) atoms. The van der Waals surface area contributed by atoms with Crippen LogP contribution in [-0.2, 0) is 0 Å². The van der Waals surface area contributed by atoms with Gasteiger partial charge in [-0.1, -0.05) is 0 Å². The summed E-state index contributed by atoms with van der Waals surface area (Å²) in [6.45, 7) is 5.80. The number of aromatic nitrogens is 2. The zero-order valence-electron chi connectivity index (χ0n) is 21.4. The minimum Gasteiger partial charge on any atom is -0.497 e. The maximum atomic E-state index is 14.6. The van der Waals surface area contributed by atoms with Gasteiger partial charge in [0.05, 0.1) is 18.4 Å². The SMILES string of the molecule is COc1ccc(N2CCN(c3nccc(C(=O)N(C4CC4)C4CCC(C)(O)CC4)n3)C(C)C2)c(F)c1. The van der Waals surface area contributed by atoms with E-state index in [9.17, 15) is 14.3 Å². The molecular formula is C27H36FN5O3. The van der Waals surface area contributed by atoms with Crippen molar-refractivity contribution in [2.24, 2.45) is 0 Å².